The van der Waals surface area contributed by atoms with Gasteiger partial charge in [0.05, 0.1) is 5.92 Å². The van der Waals surface area contributed by atoms with E-state index in [1.807, 2.05) is 11.9 Å². The van der Waals surface area contributed by atoms with E-state index in [1.54, 1.807) is 0 Å². The van der Waals surface area contributed by atoms with Crippen molar-refractivity contribution in [1.29, 1.82) is 0 Å². The van der Waals surface area contributed by atoms with Crippen LogP contribution >= 0.6 is 0 Å². The van der Waals surface area contributed by atoms with E-state index in [0.717, 1.165) is 31.9 Å². The van der Waals surface area contributed by atoms with Gasteiger partial charge in [-0.1, -0.05) is 0 Å². The Balaban J connectivity index is 2.05. The van der Waals surface area contributed by atoms with E-state index in [1.165, 1.54) is 6.42 Å². The third-order valence-electron chi connectivity index (χ3n) is 2.89. The Morgan fingerprint density at radius 2 is 2.47 bits per heavy atom. The molecule has 15 heavy (non-hydrogen) atoms. The molecule has 1 N–H and O–H groups in total. The Hall–Kier alpha value is -1.10. The molecule has 0 aliphatic carbocycles. The lowest BCUT2D eigenvalue weighted by Crippen LogP contribution is -2.28. The van der Waals surface area contributed by atoms with Crippen molar-refractivity contribution in [3.63, 3.8) is 0 Å². The lowest BCUT2D eigenvalue weighted by Gasteiger charge is -2.18. The fourth-order valence-corrected chi connectivity index (χ4v) is 1.75. The first-order valence-corrected chi connectivity index (χ1v) is 5.56. The van der Waals surface area contributed by atoms with Crippen LogP contribution in [-0.2, 0) is 0 Å². The number of hydrogen-bond donors (Lipinski definition) is 1. The molecule has 0 spiro atoms. The first-order chi connectivity index (χ1) is 7.31. The fraction of sp³-hybridized carbons (Fsp3) is 0.800. The zero-order valence-electron chi connectivity index (χ0n) is 9.36. The second kappa shape index (κ2) is 4.61. The van der Waals surface area contributed by atoms with Crippen molar-refractivity contribution in [2.24, 2.45) is 0 Å². The van der Waals surface area contributed by atoms with Gasteiger partial charge in [0, 0.05) is 20.1 Å². The van der Waals surface area contributed by atoms with Gasteiger partial charge in [-0.15, -0.1) is 0 Å². The van der Waals surface area contributed by atoms with Crippen LogP contribution in [0, 0.1) is 0 Å². The van der Waals surface area contributed by atoms with Crippen molar-refractivity contribution < 1.29 is 4.52 Å². The van der Waals surface area contributed by atoms with Gasteiger partial charge >= 0.3 is 0 Å². The van der Waals surface area contributed by atoms with E-state index < -0.39 is 0 Å². The normalized spacial score (nSPS) is 21.6. The molecule has 5 nitrogen and oxygen atoms in total. The average Bonchev–Trinajstić information content (AvgIpc) is 2.78. The largest absolute Gasteiger partial charge is 0.342 e. The summed E-state index contributed by atoms with van der Waals surface area (Å²) in [6.07, 6.45) is 2.33. The number of rotatable bonds is 3. The van der Waals surface area contributed by atoms with Crippen molar-refractivity contribution in [3.8, 4) is 0 Å². The summed E-state index contributed by atoms with van der Waals surface area (Å²) in [5, 5.41) is 7.32. The van der Waals surface area contributed by atoms with E-state index >= 15 is 0 Å². The summed E-state index contributed by atoms with van der Waals surface area (Å²) in [6.45, 7) is 5.02. The molecular weight excluding hydrogens is 192 g/mol. The SMILES string of the molecule is CCN(C)c1noc([C@H]2CCCNC2)n1. The molecule has 5 heteroatoms. The second-order valence-corrected chi connectivity index (χ2v) is 3.99. The molecule has 1 fully saturated rings. The van der Waals surface area contributed by atoms with Crippen LogP contribution in [0.4, 0.5) is 5.95 Å². The van der Waals surface area contributed by atoms with Gasteiger partial charge in [-0.05, 0) is 31.5 Å². The molecular formula is C10H18N4O. The summed E-state index contributed by atoms with van der Waals surface area (Å²) >= 11 is 0. The Bertz CT molecular complexity index is 306. The first kappa shape index (κ1) is 10.4. The highest BCUT2D eigenvalue weighted by atomic mass is 16.5. The van der Waals surface area contributed by atoms with Crippen LogP contribution in [0.5, 0.6) is 0 Å². The maximum Gasteiger partial charge on any atom is 0.265 e. The zero-order chi connectivity index (χ0) is 10.7. The molecule has 2 rings (SSSR count). The van der Waals surface area contributed by atoms with Crippen LogP contribution < -0.4 is 10.2 Å². The van der Waals surface area contributed by atoms with Crippen molar-refractivity contribution in [1.82, 2.24) is 15.5 Å². The summed E-state index contributed by atoms with van der Waals surface area (Å²) in [6, 6.07) is 0. The highest BCUT2D eigenvalue weighted by Gasteiger charge is 2.21. The monoisotopic (exact) mass is 210 g/mol. The summed E-state index contributed by atoms with van der Waals surface area (Å²) < 4.78 is 5.28. The van der Waals surface area contributed by atoms with Crippen LogP contribution in [0.25, 0.3) is 0 Å². The van der Waals surface area contributed by atoms with E-state index in [0.29, 0.717) is 11.9 Å². The molecule has 1 atom stereocenters. The van der Waals surface area contributed by atoms with Crippen molar-refractivity contribution >= 4 is 5.95 Å². The summed E-state index contributed by atoms with van der Waals surface area (Å²) in [5.74, 6) is 1.86. The van der Waals surface area contributed by atoms with Crippen molar-refractivity contribution in [2.45, 2.75) is 25.7 Å². The third-order valence-corrected chi connectivity index (χ3v) is 2.89. The smallest absolute Gasteiger partial charge is 0.265 e. The molecule has 1 aromatic rings. The first-order valence-electron chi connectivity index (χ1n) is 5.56. The third kappa shape index (κ3) is 2.28. The van der Waals surface area contributed by atoms with Crippen LogP contribution in [0.15, 0.2) is 4.52 Å². The fourth-order valence-electron chi connectivity index (χ4n) is 1.75. The number of nitrogens with zero attached hydrogens (tertiary/aromatic N) is 3. The molecule has 1 saturated heterocycles. The molecule has 1 aliphatic heterocycles. The van der Waals surface area contributed by atoms with Gasteiger partial charge in [0.1, 0.15) is 0 Å². The van der Waals surface area contributed by atoms with Gasteiger partial charge in [-0.2, -0.15) is 4.98 Å². The Morgan fingerprint density at radius 1 is 1.60 bits per heavy atom. The van der Waals surface area contributed by atoms with Crippen molar-refractivity contribution in [3.05, 3.63) is 5.89 Å². The molecule has 0 saturated carbocycles. The molecule has 1 aliphatic rings. The minimum absolute atomic E-state index is 0.394. The van der Waals surface area contributed by atoms with Gasteiger partial charge in [0.25, 0.3) is 5.95 Å². The van der Waals surface area contributed by atoms with Crippen LogP contribution in [0.2, 0.25) is 0 Å². The van der Waals surface area contributed by atoms with Crippen LogP contribution in [-0.4, -0.2) is 36.8 Å². The molecule has 0 aromatic carbocycles. The number of aromatic nitrogens is 2. The van der Waals surface area contributed by atoms with Crippen LogP contribution in [0.3, 0.4) is 0 Å². The van der Waals surface area contributed by atoms with E-state index in [4.69, 9.17) is 4.52 Å². The maximum absolute atomic E-state index is 5.28. The summed E-state index contributed by atoms with van der Waals surface area (Å²) in [7, 11) is 1.97. The number of piperidine rings is 1. The lowest BCUT2D eigenvalue weighted by atomic mass is 10.00. The minimum atomic E-state index is 0.394. The minimum Gasteiger partial charge on any atom is -0.342 e. The van der Waals surface area contributed by atoms with E-state index in [2.05, 4.69) is 22.4 Å². The van der Waals surface area contributed by atoms with Gasteiger partial charge in [0.2, 0.25) is 5.89 Å². The predicted molar refractivity (Wildman–Crippen MR) is 58.1 cm³/mol. The van der Waals surface area contributed by atoms with Gasteiger partial charge in [-0.3, -0.25) is 0 Å². The lowest BCUT2D eigenvalue weighted by molar-refractivity contribution is 0.322. The standard InChI is InChI=1S/C10H18N4O/c1-3-14(2)10-12-9(15-13-10)8-5-4-6-11-7-8/h8,11H,3-7H2,1-2H3/t8-/m0/s1. The topological polar surface area (TPSA) is 54.2 Å². The highest BCUT2D eigenvalue weighted by Crippen LogP contribution is 2.22. The molecule has 0 unspecified atom stereocenters. The number of anilines is 1. The Kier molecular flexibility index (Phi) is 3.20. The van der Waals surface area contributed by atoms with Gasteiger partial charge < -0.3 is 14.7 Å². The molecule has 84 valence electrons. The second-order valence-electron chi connectivity index (χ2n) is 3.99. The highest BCUT2D eigenvalue weighted by molar-refractivity contribution is 5.25. The average molecular weight is 210 g/mol. The molecule has 1 aromatic heterocycles. The molecule has 0 amide bonds. The summed E-state index contributed by atoms with van der Waals surface area (Å²) in [5.41, 5.74) is 0. The van der Waals surface area contributed by atoms with Crippen LogP contribution in [0.1, 0.15) is 31.6 Å². The van der Waals surface area contributed by atoms with Gasteiger partial charge in [0.15, 0.2) is 0 Å². The predicted octanol–water partition coefficient (Wildman–Crippen LogP) is 0.993. The van der Waals surface area contributed by atoms with Gasteiger partial charge in [-0.25, -0.2) is 0 Å². The quantitative estimate of drug-likeness (QED) is 0.806. The molecule has 0 radical (unpaired) electrons. The zero-order valence-corrected chi connectivity index (χ0v) is 9.36. The molecule has 0 bridgehead atoms. The van der Waals surface area contributed by atoms with E-state index in [-0.39, 0.29) is 0 Å². The number of nitrogens with one attached hydrogen (secondary N) is 1. The van der Waals surface area contributed by atoms with Crippen molar-refractivity contribution in [2.75, 3.05) is 31.6 Å². The maximum atomic E-state index is 5.28. The molecule has 2 heterocycles. The number of hydrogen-bond acceptors (Lipinski definition) is 5. The summed E-state index contributed by atoms with van der Waals surface area (Å²) in [4.78, 5) is 6.39. The van der Waals surface area contributed by atoms with E-state index in [9.17, 15) is 0 Å². The Morgan fingerprint density at radius 3 is 3.13 bits per heavy atom. The Labute approximate surface area is 89.8 Å².